The van der Waals surface area contributed by atoms with E-state index >= 15 is 0 Å². The smallest absolute Gasteiger partial charge is 0.229 e. The van der Waals surface area contributed by atoms with Crippen LogP contribution in [0.25, 0.3) is 0 Å². The van der Waals surface area contributed by atoms with Gasteiger partial charge in [-0.15, -0.1) is 0 Å². The molecule has 26 heavy (non-hydrogen) atoms. The Hall–Kier alpha value is -0.760. The zero-order chi connectivity index (χ0) is 17.7. The minimum Gasteiger partial charge on any atom is -0.311 e. The Morgan fingerprint density at radius 2 is 1.12 bits per heavy atom. The van der Waals surface area contributed by atoms with Gasteiger partial charge < -0.3 is 21.3 Å². The fraction of sp³-hybridized carbons (Fsp3) is 1.00. The molecular weight excluding hydrogens is 330 g/mol. The van der Waals surface area contributed by atoms with Crippen molar-refractivity contribution in [3.8, 4) is 0 Å². The Balaban J connectivity index is 1.34. The average molecular weight is 364 g/mol. The summed E-state index contributed by atoms with van der Waals surface area (Å²) in [5, 5.41) is 26.9. The van der Waals surface area contributed by atoms with Crippen LogP contribution in [0.5, 0.6) is 0 Å². The number of hydrogen-bond donors (Lipinski definition) is 4. The lowest BCUT2D eigenvalue weighted by molar-refractivity contribution is -0.523. The van der Waals surface area contributed by atoms with Crippen molar-refractivity contribution in [2.75, 3.05) is 0 Å². The van der Waals surface area contributed by atoms with Gasteiger partial charge in [-0.05, 0) is 57.8 Å². The highest BCUT2D eigenvalue weighted by atomic mass is 16.6. The first-order valence-corrected chi connectivity index (χ1v) is 10.8. The highest BCUT2D eigenvalue weighted by Gasteiger charge is 2.47. The van der Waals surface area contributed by atoms with E-state index in [2.05, 4.69) is 21.3 Å². The highest BCUT2D eigenvalue weighted by Crippen LogP contribution is 2.32. The van der Waals surface area contributed by atoms with Crippen LogP contribution in [0.2, 0.25) is 0 Å². The molecule has 0 radical (unpaired) electrons. The highest BCUT2D eigenvalue weighted by molar-refractivity contribution is 5.03. The molecule has 0 aromatic heterocycles. The Kier molecular flexibility index (Phi) is 4.67. The molecule has 9 unspecified atom stereocenters. The summed E-state index contributed by atoms with van der Waals surface area (Å²) in [5.74, 6) is 0. The monoisotopic (exact) mass is 363 g/mol. The van der Waals surface area contributed by atoms with Crippen LogP contribution in [-0.2, 0) is 0 Å². The SMILES string of the molecule is O=[N+]([O-])C1CC2NC1CC1CCC(CC3CCC(CC4CCC2N4)N3)N1. The van der Waals surface area contributed by atoms with Crippen molar-refractivity contribution >= 4 is 0 Å². The third kappa shape index (κ3) is 3.39. The number of nitro groups is 1. The van der Waals surface area contributed by atoms with E-state index in [9.17, 15) is 10.1 Å². The second kappa shape index (κ2) is 7.00. The molecule has 0 aromatic rings. The number of rotatable bonds is 1. The van der Waals surface area contributed by atoms with E-state index in [0.717, 1.165) is 19.3 Å². The quantitative estimate of drug-likeness (QED) is 0.409. The first-order valence-electron chi connectivity index (χ1n) is 10.8. The topological polar surface area (TPSA) is 91.3 Å². The molecule has 0 amide bonds. The summed E-state index contributed by atoms with van der Waals surface area (Å²) in [6.07, 6.45) is 11.4. The second-order valence-corrected chi connectivity index (χ2v) is 9.50. The van der Waals surface area contributed by atoms with E-state index in [1.165, 1.54) is 38.5 Å². The Morgan fingerprint density at radius 3 is 1.73 bits per heavy atom. The predicted molar refractivity (Wildman–Crippen MR) is 99.8 cm³/mol. The van der Waals surface area contributed by atoms with Gasteiger partial charge in [0.2, 0.25) is 6.04 Å². The van der Waals surface area contributed by atoms with Gasteiger partial charge in [-0.25, -0.2) is 0 Å². The van der Waals surface area contributed by atoms with Crippen molar-refractivity contribution in [1.82, 2.24) is 21.3 Å². The van der Waals surface area contributed by atoms with Crippen LogP contribution in [0.3, 0.4) is 0 Å². The minimum atomic E-state index is -0.424. The fourth-order valence-corrected chi connectivity index (χ4v) is 6.51. The van der Waals surface area contributed by atoms with E-state index in [-0.39, 0.29) is 17.0 Å². The Bertz CT molecular complexity index is 546. The van der Waals surface area contributed by atoms with Crippen molar-refractivity contribution in [3.63, 3.8) is 0 Å². The molecule has 5 aliphatic heterocycles. The van der Waals surface area contributed by atoms with Gasteiger partial charge >= 0.3 is 0 Å². The van der Waals surface area contributed by atoms with E-state index in [4.69, 9.17) is 0 Å². The van der Waals surface area contributed by atoms with Gasteiger partial charge in [0, 0.05) is 53.6 Å². The number of nitrogens with one attached hydrogen (secondary N) is 4. The van der Waals surface area contributed by atoms with Crippen LogP contribution in [-0.4, -0.2) is 59.3 Å². The van der Waals surface area contributed by atoms with Crippen molar-refractivity contribution in [2.24, 2.45) is 0 Å². The average Bonchev–Trinajstić information content (AvgIpc) is 3.36. The van der Waals surface area contributed by atoms with E-state index in [1.54, 1.807) is 0 Å². The maximum Gasteiger partial charge on any atom is 0.229 e. The maximum absolute atomic E-state index is 11.7. The second-order valence-electron chi connectivity index (χ2n) is 9.50. The van der Waals surface area contributed by atoms with Gasteiger partial charge in [0.05, 0.1) is 6.04 Å². The molecule has 0 spiro atoms. The third-order valence-electron chi connectivity index (χ3n) is 7.77. The summed E-state index contributed by atoms with van der Waals surface area (Å²) in [4.78, 5) is 11.6. The summed E-state index contributed by atoms with van der Waals surface area (Å²) in [6.45, 7) is 0. The maximum atomic E-state index is 11.7. The summed E-state index contributed by atoms with van der Waals surface area (Å²) in [6, 6.07) is 3.15. The van der Waals surface area contributed by atoms with Gasteiger partial charge in [0.15, 0.2) is 0 Å². The summed E-state index contributed by atoms with van der Waals surface area (Å²) in [7, 11) is 0. The van der Waals surface area contributed by atoms with Crippen LogP contribution in [0.4, 0.5) is 0 Å². The molecule has 9 atom stereocenters. The lowest BCUT2D eigenvalue weighted by Crippen LogP contribution is -2.47. The Labute approximate surface area is 155 Å². The lowest BCUT2D eigenvalue weighted by Gasteiger charge is -2.23. The number of nitrogens with zero attached hydrogens (tertiary/aromatic N) is 1. The van der Waals surface area contributed by atoms with Crippen molar-refractivity contribution < 1.29 is 4.92 Å². The zero-order valence-corrected chi connectivity index (χ0v) is 15.5. The molecule has 5 saturated heterocycles. The molecule has 0 aliphatic carbocycles. The molecule has 146 valence electrons. The molecule has 5 fully saturated rings. The molecule has 0 aromatic carbocycles. The molecule has 4 N–H and O–H groups in total. The van der Waals surface area contributed by atoms with E-state index in [1.807, 2.05) is 0 Å². The molecule has 5 aliphatic rings. The Morgan fingerprint density at radius 1 is 0.577 bits per heavy atom. The molecule has 0 saturated carbocycles. The van der Waals surface area contributed by atoms with Crippen LogP contribution in [0, 0.1) is 10.1 Å². The number of fused-ring (bicyclic) bond motifs is 9. The number of hydrogen-bond acceptors (Lipinski definition) is 6. The first kappa shape index (κ1) is 17.3. The van der Waals surface area contributed by atoms with Crippen molar-refractivity contribution in [1.29, 1.82) is 0 Å². The standard InChI is InChI=1S/C19H33N5O2/c25-24(26)19-10-17-16-6-5-14(22-16)8-13-2-1-11(20-13)7-12-3-4-15(21-12)9-18(19)23-17/h11-23H,1-10H2. The fourth-order valence-electron chi connectivity index (χ4n) is 6.51. The van der Waals surface area contributed by atoms with E-state index in [0.29, 0.717) is 42.7 Å². The molecule has 7 heteroatoms. The summed E-state index contributed by atoms with van der Waals surface area (Å²) in [5.41, 5.74) is 0. The minimum absolute atomic E-state index is 0.0202. The molecule has 7 nitrogen and oxygen atoms in total. The molecule has 5 heterocycles. The molecular formula is C19H33N5O2. The normalized spacial score (nSPS) is 51.2. The van der Waals surface area contributed by atoms with Crippen molar-refractivity contribution in [3.05, 3.63) is 10.1 Å². The summed E-state index contributed by atoms with van der Waals surface area (Å²) >= 11 is 0. The van der Waals surface area contributed by atoms with Crippen molar-refractivity contribution in [2.45, 2.75) is 119 Å². The predicted octanol–water partition coefficient (Wildman–Crippen LogP) is 0.908. The van der Waals surface area contributed by atoms with Gasteiger partial charge in [-0.1, -0.05) is 0 Å². The van der Waals surface area contributed by atoms with Gasteiger partial charge in [0.25, 0.3) is 0 Å². The molecule has 5 rings (SSSR count). The first-order chi connectivity index (χ1) is 12.6. The summed E-state index contributed by atoms with van der Waals surface area (Å²) < 4.78 is 0. The molecule has 8 bridgehead atoms. The van der Waals surface area contributed by atoms with Gasteiger partial charge in [0.1, 0.15) is 0 Å². The van der Waals surface area contributed by atoms with Gasteiger partial charge in [-0.2, -0.15) is 0 Å². The van der Waals surface area contributed by atoms with Gasteiger partial charge in [-0.3, -0.25) is 10.1 Å². The largest absolute Gasteiger partial charge is 0.311 e. The van der Waals surface area contributed by atoms with E-state index < -0.39 is 6.04 Å². The zero-order valence-electron chi connectivity index (χ0n) is 15.5. The lowest BCUT2D eigenvalue weighted by atomic mass is 9.98. The van der Waals surface area contributed by atoms with Crippen LogP contribution >= 0.6 is 0 Å². The van der Waals surface area contributed by atoms with Crippen LogP contribution in [0.1, 0.15) is 64.2 Å². The van der Waals surface area contributed by atoms with Crippen LogP contribution in [0.15, 0.2) is 0 Å². The van der Waals surface area contributed by atoms with Crippen LogP contribution < -0.4 is 21.3 Å². The third-order valence-corrected chi connectivity index (χ3v) is 7.77.